The number of nitrogens with one attached hydrogen (secondary N) is 2. The summed E-state index contributed by atoms with van der Waals surface area (Å²) in [7, 11) is 0. The van der Waals surface area contributed by atoms with E-state index in [0.717, 1.165) is 32.7 Å². The molecule has 0 saturated carbocycles. The molecule has 0 amide bonds. The van der Waals surface area contributed by atoms with Crippen molar-refractivity contribution in [1.82, 2.24) is 25.0 Å². The SMILES string of the molecule is O=c1cnn(-c2ccc(C(c3ccc(Cl)cc3)c3nnc(Nc4ccccc4)s3)c(Cl)c2)c(=O)[nH]1. The molecule has 8 nitrogen and oxygen atoms in total. The van der Waals surface area contributed by atoms with Crippen LogP contribution >= 0.6 is 34.5 Å². The molecule has 174 valence electrons. The fourth-order valence-electron chi connectivity index (χ4n) is 3.58. The van der Waals surface area contributed by atoms with E-state index in [4.69, 9.17) is 23.2 Å². The average Bonchev–Trinajstić information content (AvgIpc) is 3.30. The predicted molar refractivity (Wildman–Crippen MR) is 137 cm³/mol. The van der Waals surface area contributed by atoms with Gasteiger partial charge in [-0.05, 0) is 47.5 Å². The predicted octanol–water partition coefficient (Wildman–Crippen LogP) is 5.00. The minimum atomic E-state index is -0.656. The number of benzene rings is 3. The Morgan fingerprint density at radius 1 is 0.943 bits per heavy atom. The first-order chi connectivity index (χ1) is 17.0. The first-order valence-electron chi connectivity index (χ1n) is 10.4. The summed E-state index contributed by atoms with van der Waals surface area (Å²) in [5.74, 6) is -0.335. The van der Waals surface area contributed by atoms with E-state index < -0.39 is 11.2 Å². The molecule has 3 aromatic carbocycles. The molecule has 0 aliphatic rings. The van der Waals surface area contributed by atoms with Crippen molar-refractivity contribution in [2.75, 3.05) is 5.32 Å². The average molecular weight is 523 g/mol. The van der Waals surface area contributed by atoms with Crippen LogP contribution < -0.4 is 16.6 Å². The molecular weight excluding hydrogens is 507 g/mol. The van der Waals surface area contributed by atoms with Gasteiger partial charge >= 0.3 is 5.69 Å². The maximum Gasteiger partial charge on any atom is 0.349 e. The first-order valence-corrected chi connectivity index (χ1v) is 11.9. The zero-order valence-electron chi connectivity index (χ0n) is 17.9. The second kappa shape index (κ2) is 9.83. The van der Waals surface area contributed by atoms with E-state index in [0.29, 0.717) is 20.9 Å². The number of halogens is 2. The van der Waals surface area contributed by atoms with Crippen LogP contribution in [0.25, 0.3) is 5.69 Å². The van der Waals surface area contributed by atoms with E-state index in [1.54, 1.807) is 24.3 Å². The first kappa shape index (κ1) is 23.0. The van der Waals surface area contributed by atoms with Gasteiger partial charge in [0, 0.05) is 15.7 Å². The van der Waals surface area contributed by atoms with Crippen molar-refractivity contribution in [3.63, 3.8) is 0 Å². The van der Waals surface area contributed by atoms with E-state index in [1.807, 2.05) is 48.5 Å². The highest BCUT2D eigenvalue weighted by molar-refractivity contribution is 7.15. The van der Waals surface area contributed by atoms with Crippen LogP contribution in [0.15, 0.2) is 88.6 Å². The Morgan fingerprint density at radius 3 is 2.43 bits per heavy atom. The molecule has 1 unspecified atom stereocenters. The summed E-state index contributed by atoms with van der Waals surface area (Å²) in [6.07, 6.45) is 1.03. The van der Waals surface area contributed by atoms with Crippen molar-refractivity contribution in [2.24, 2.45) is 0 Å². The summed E-state index contributed by atoms with van der Waals surface area (Å²) >= 11 is 14.3. The standard InChI is InChI=1S/C24H16Cl2N6O2S/c25-15-8-6-14(7-9-15)21(22-30-31-23(35-22)28-16-4-2-1-3-5-16)18-11-10-17(12-19(18)26)32-24(34)29-20(33)13-27-32/h1-13,21H,(H,28,31)(H,29,33,34). The number of rotatable bonds is 6. The molecule has 0 fully saturated rings. The largest absolute Gasteiger partial charge is 0.349 e. The monoisotopic (exact) mass is 522 g/mol. The number of hydrogen-bond donors (Lipinski definition) is 2. The quantitative estimate of drug-likeness (QED) is 0.325. The summed E-state index contributed by atoms with van der Waals surface area (Å²) in [5.41, 5.74) is 1.77. The zero-order chi connectivity index (χ0) is 24.4. The molecule has 2 heterocycles. The Balaban J connectivity index is 1.56. The molecule has 0 aliphatic carbocycles. The Hall–Kier alpha value is -3.79. The van der Waals surface area contributed by atoms with E-state index >= 15 is 0 Å². The molecule has 5 aromatic rings. The van der Waals surface area contributed by atoms with Gasteiger partial charge in [-0.1, -0.05) is 70.9 Å². The Morgan fingerprint density at radius 2 is 1.71 bits per heavy atom. The van der Waals surface area contributed by atoms with Crippen LogP contribution in [0.5, 0.6) is 0 Å². The van der Waals surface area contributed by atoms with Gasteiger partial charge in [-0.25, -0.2) is 4.79 Å². The van der Waals surface area contributed by atoms with E-state index in [-0.39, 0.29) is 5.92 Å². The van der Waals surface area contributed by atoms with Crippen molar-refractivity contribution >= 4 is 45.4 Å². The molecule has 0 radical (unpaired) electrons. The lowest BCUT2D eigenvalue weighted by Gasteiger charge is -2.17. The van der Waals surface area contributed by atoms with Crippen molar-refractivity contribution in [2.45, 2.75) is 5.92 Å². The van der Waals surface area contributed by atoms with Crippen molar-refractivity contribution < 1.29 is 0 Å². The minimum Gasteiger partial charge on any atom is -0.330 e. The summed E-state index contributed by atoms with van der Waals surface area (Å²) in [6, 6.07) is 22.3. The van der Waals surface area contributed by atoms with Crippen molar-refractivity contribution in [3.8, 4) is 5.69 Å². The lowest BCUT2D eigenvalue weighted by atomic mass is 9.91. The molecule has 0 saturated heterocycles. The number of aromatic amines is 1. The molecular formula is C24H16Cl2N6O2S. The fraction of sp³-hybridized carbons (Fsp3) is 0.0417. The summed E-state index contributed by atoms with van der Waals surface area (Å²) in [4.78, 5) is 25.7. The van der Waals surface area contributed by atoms with Gasteiger partial charge < -0.3 is 5.32 Å². The number of anilines is 2. The molecule has 0 aliphatic heterocycles. The maximum absolute atomic E-state index is 12.2. The zero-order valence-corrected chi connectivity index (χ0v) is 20.2. The van der Waals surface area contributed by atoms with Crippen LogP contribution in [0.1, 0.15) is 22.1 Å². The normalized spacial score (nSPS) is 11.8. The van der Waals surface area contributed by atoms with Gasteiger partial charge in [0.1, 0.15) is 11.2 Å². The third-order valence-electron chi connectivity index (χ3n) is 5.17. The Labute approximate surface area is 212 Å². The van der Waals surface area contributed by atoms with Gasteiger partial charge in [0.05, 0.1) is 11.6 Å². The van der Waals surface area contributed by atoms with Crippen LogP contribution in [0.4, 0.5) is 10.8 Å². The van der Waals surface area contributed by atoms with E-state index in [2.05, 4.69) is 25.6 Å². The molecule has 2 aromatic heterocycles. The van der Waals surface area contributed by atoms with Crippen LogP contribution in [0, 0.1) is 0 Å². The van der Waals surface area contributed by atoms with Gasteiger partial charge in [-0.3, -0.25) is 9.78 Å². The number of aromatic nitrogens is 5. The number of nitrogens with zero attached hydrogens (tertiary/aromatic N) is 4. The fourth-order valence-corrected chi connectivity index (χ4v) is 4.90. The van der Waals surface area contributed by atoms with Crippen LogP contribution in [0.3, 0.4) is 0 Å². The van der Waals surface area contributed by atoms with Crippen LogP contribution in [-0.4, -0.2) is 25.0 Å². The van der Waals surface area contributed by atoms with Gasteiger partial charge in [0.25, 0.3) is 5.56 Å². The van der Waals surface area contributed by atoms with E-state index in [1.165, 1.54) is 11.3 Å². The molecule has 5 rings (SSSR count). The topological polar surface area (TPSA) is 106 Å². The lowest BCUT2D eigenvalue weighted by molar-refractivity contribution is 0.749. The molecule has 2 N–H and O–H groups in total. The van der Waals surface area contributed by atoms with Gasteiger partial charge in [-0.15, -0.1) is 10.2 Å². The second-order valence-electron chi connectivity index (χ2n) is 7.48. The highest BCUT2D eigenvalue weighted by atomic mass is 35.5. The third kappa shape index (κ3) is 5.02. The molecule has 11 heteroatoms. The Kier molecular flexibility index (Phi) is 6.45. The minimum absolute atomic E-state index is 0.335. The number of hydrogen-bond acceptors (Lipinski definition) is 7. The molecule has 35 heavy (non-hydrogen) atoms. The summed E-state index contributed by atoms with van der Waals surface area (Å²) < 4.78 is 1.07. The van der Waals surface area contributed by atoms with Crippen LogP contribution in [0.2, 0.25) is 10.0 Å². The summed E-state index contributed by atoms with van der Waals surface area (Å²) in [6.45, 7) is 0. The Bertz CT molecular complexity index is 1600. The highest BCUT2D eigenvalue weighted by Crippen LogP contribution is 2.39. The molecule has 0 bridgehead atoms. The lowest BCUT2D eigenvalue weighted by Crippen LogP contribution is -2.30. The third-order valence-corrected chi connectivity index (χ3v) is 6.65. The smallest absolute Gasteiger partial charge is 0.330 e. The van der Waals surface area contributed by atoms with Crippen molar-refractivity contribution in [3.05, 3.63) is 126 Å². The van der Waals surface area contributed by atoms with Gasteiger partial charge in [0.15, 0.2) is 0 Å². The van der Waals surface area contributed by atoms with Crippen LogP contribution in [-0.2, 0) is 0 Å². The van der Waals surface area contributed by atoms with Gasteiger partial charge in [-0.2, -0.15) is 9.78 Å². The maximum atomic E-state index is 12.2. The number of para-hydroxylation sites is 1. The second-order valence-corrected chi connectivity index (χ2v) is 9.33. The number of H-pyrrole nitrogens is 1. The molecule has 1 atom stereocenters. The molecule has 0 spiro atoms. The van der Waals surface area contributed by atoms with Crippen molar-refractivity contribution in [1.29, 1.82) is 0 Å². The summed E-state index contributed by atoms with van der Waals surface area (Å²) in [5, 5.41) is 18.3. The highest BCUT2D eigenvalue weighted by Gasteiger charge is 2.24. The van der Waals surface area contributed by atoms with E-state index in [9.17, 15) is 9.59 Å². The van der Waals surface area contributed by atoms with Gasteiger partial charge in [0.2, 0.25) is 5.13 Å².